The summed E-state index contributed by atoms with van der Waals surface area (Å²) in [5, 5.41) is 2.74. The molecule has 0 aliphatic carbocycles. The third-order valence-corrected chi connectivity index (χ3v) is 2.43. The first kappa shape index (κ1) is 12.9. The van der Waals surface area contributed by atoms with Gasteiger partial charge in [-0.25, -0.2) is 0 Å². The van der Waals surface area contributed by atoms with Crippen LogP contribution in [0.1, 0.15) is 32.6 Å². The second-order valence-electron chi connectivity index (χ2n) is 3.07. The molecular weight excluding hydrogens is 277 g/mol. The molecular formula is C10H18INO. The minimum absolute atomic E-state index is 0.315. The summed E-state index contributed by atoms with van der Waals surface area (Å²) in [7, 11) is 0. The van der Waals surface area contributed by atoms with Crippen LogP contribution in [0.25, 0.3) is 0 Å². The van der Waals surface area contributed by atoms with E-state index in [2.05, 4.69) is 40.1 Å². The van der Waals surface area contributed by atoms with E-state index in [1.807, 2.05) is 6.92 Å². The number of alkyl halides is 1. The van der Waals surface area contributed by atoms with Crippen molar-refractivity contribution < 1.29 is 4.79 Å². The number of carbonyl (C=O) groups excluding carboxylic acids is 1. The lowest BCUT2D eigenvalue weighted by Gasteiger charge is -2.07. The van der Waals surface area contributed by atoms with E-state index in [1.165, 1.54) is 10.8 Å². The fraction of sp³-hybridized carbons (Fsp3) is 0.700. The Morgan fingerprint density at radius 3 is 2.69 bits per heavy atom. The Balaban J connectivity index is 3.19. The maximum atomic E-state index is 10.1. The van der Waals surface area contributed by atoms with Gasteiger partial charge in [0.1, 0.15) is 0 Å². The topological polar surface area (TPSA) is 29.1 Å². The number of rotatable bonds is 8. The number of carbonyl (C=O) groups is 1. The smallest absolute Gasteiger partial charge is 0.207 e. The summed E-state index contributed by atoms with van der Waals surface area (Å²) in [5.41, 5.74) is 0. The molecule has 0 aromatic rings. The average molecular weight is 295 g/mol. The molecule has 0 bridgehead atoms. The molecule has 0 aliphatic rings. The molecule has 0 saturated heterocycles. The molecule has 3 heteroatoms. The molecule has 0 aliphatic heterocycles. The molecule has 0 heterocycles. The molecule has 0 saturated carbocycles. The molecule has 2 nitrogen and oxygen atoms in total. The molecule has 0 fully saturated rings. The van der Waals surface area contributed by atoms with Gasteiger partial charge in [-0.1, -0.05) is 34.7 Å². The van der Waals surface area contributed by atoms with Crippen LogP contribution in [0, 0.1) is 0 Å². The maximum absolute atomic E-state index is 10.1. The third kappa shape index (κ3) is 9.86. The van der Waals surface area contributed by atoms with Crippen molar-refractivity contribution in [3.05, 3.63) is 12.2 Å². The van der Waals surface area contributed by atoms with Gasteiger partial charge < -0.3 is 5.32 Å². The quantitative estimate of drug-likeness (QED) is 0.241. The van der Waals surface area contributed by atoms with Crippen LogP contribution in [-0.4, -0.2) is 16.9 Å². The van der Waals surface area contributed by atoms with Crippen molar-refractivity contribution in [1.82, 2.24) is 5.32 Å². The lowest BCUT2D eigenvalue weighted by Crippen LogP contribution is -2.23. The molecule has 76 valence electrons. The van der Waals surface area contributed by atoms with Crippen LogP contribution in [0.4, 0.5) is 0 Å². The van der Waals surface area contributed by atoms with E-state index in [0.717, 1.165) is 25.7 Å². The SMILES string of the molecule is CC(CCC/C=C\CCI)NC=O. The standard InChI is InChI=1S/C10H18INO/c1-10(12-9-13)7-5-3-2-4-6-8-11/h2,4,9-10H,3,5-8H2,1H3,(H,12,13)/b4-2-. The minimum Gasteiger partial charge on any atom is -0.356 e. The summed E-state index contributed by atoms with van der Waals surface area (Å²) in [6.07, 6.45) is 9.74. The van der Waals surface area contributed by atoms with Crippen LogP contribution in [-0.2, 0) is 4.79 Å². The summed E-state index contributed by atoms with van der Waals surface area (Å²) < 4.78 is 1.19. The van der Waals surface area contributed by atoms with Gasteiger partial charge in [0.25, 0.3) is 0 Å². The molecule has 13 heavy (non-hydrogen) atoms. The fourth-order valence-electron chi connectivity index (χ4n) is 1.04. The number of hydrogen-bond donors (Lipinski definition) is 1. The molecule has 0 rings (SSSR count). The van der Waals surface area contributed by atoms with Crippen molar-refractivity contribution in [2.75, 3.05) is 4.43 Å². The predicted octanol–water partition coefficient (Wildman–Crippen LogP) is 2.67. The highest BCUT2D eigenvalue weighted by Crippen LogP contribution is 2.01. The van der Waals surface area contributed by atoms with Crippen LogP contribution >= 0.6 is 22.6 Å². The Labute approximate surface area is 94.3 Å². The van der Waals surface area contributed by atoms with Crippen molar-refractivity contribution in [3.63, 3.8) is 0 Å². The van der Waals surface area contributed by atoms with Crippen molar-refractivity contribution >= 4 is 29.0 Å². The molecule has 0 spiro atoms. The number of amides is 1. The van der Waals surface area contributed by atoms with Gasteiger partial charge in [0.05, 0.1) is 0 Å². The van der Waals surface area contributed by atoms with Crippen molar-refractivity contribution in [2.45, 2.75) is 38.6 Å². The molecule has 1 unspecified atom stereocenters. The minimum atomic E-state index is 0.315. The van der Waals surface area contributed by atoms with E-state index in [1.54, 1.807) is 0 Å². The van der Waals surface area contributed by atoms with Crippen LogP contribution in [0.15, 0.2) is 12.2 Å². The molecule has 1 N–H and O–H groups in total. The van der Waals surface area contributed by atoms with E-state index >= 15 is 0 Å². The fourth-order valence-corrected chi connectivity index (χ4v) is 1.40. The van der Waals surface area contributed by atoms with Gasteiger partial charge in [0, 0.05) is 10.5 Å². The van der Waals surface area contributed by atoms with Crippen molar-refractivity contribution in [1.29, 1.82) is 0 Å². The Bertz CT molecular complexity index is 148. The first-order valence-electron chi connectivity index (χ1n) is 4.72. The van der Waals surface area contributed by atoms with Gasteiger partial charge in [0.2, 0.25) is 6.41 Å². The Kier molecular flexibility index (Phi) is 9.98. The van der Waals surface area contributed by atoms with Gasteiger partial charge in [-0.2, -0.15) is 0 Å². The summed E-state index contributed by atoms with van der Waals surface area (Å²) in [6.45, 7) is 2.03. The zero-order valence-corrected chi connectivity index (χ0v) is 10.3. The summed E-state index contributed by atoms with van der Waals surface area (Å²) in [4.78, 5) is 10.1. The number of allylic oxidation sites excluding steroid dienone is 2. The van der Waals surface area contributed by atoms with E-state index < -0.39 is 0 Å². The third-order valence-electron chi connectivity index (χ3n) is 1.80. The Morgan fingerprint density at radius 1 is 1.38 bits per heavy atom. The number of unbranched alkanes of at least 4 members (excludes halogenated alkanes) is 1. The van der Waals surface area contributed by atoms with Gasteiger partial charge in [0.15, 0.2) is 0 Å². The van der Waals surface area contributed by atoms with E-state index in [0.29, 0.717) is 6.04 Å². The van der Waals surface area contributed by atoms with Gasteiger partial charge in [-0.15, -0.1) is 0 Å². The molecule has 0 aromatic carbocycles. The van der Waals surface area contributed by atoms with Crippen molar-refractivity contribution in [2.24, 2.45) is 0 Å². The molecule has 0 radical (unpaired) electrons. The summed E-state index contributed by atoms with van der Waals surface area (Å²) in [5.74, 6) is 0. The highest BCUT2D eigenvalue weighted by atomic mass is 127. The predicted molar refractivity (Wildman–Crippen MR) is 65.2 cm³/mol. The highest BCUT2D eigenvalue weighted by molar-refractivity contribution is 14.1. The molecule has 1 amide bonds. The highest BCUT2D eigenvalue weighted by Gasteiger charge is 1.96. The normalized spacial score (nSPS) is 13.1. The second kappa shape index (κ2) is 10.0. The molecule has 1 atom stereocenters. The van der Waals surface area contributed by atoms with Gasteiger partial charge in [-0.05, 0) is 32.6 Å². The largest absolute Gasteiger partial charge is 0.356 e. The van der Waals surface area contributed by atoms with Crippen LogP contribution in [0.2, 0.25) is 0 Å². The summed E-state index contributed by atoms with van der Waals surface area (Å²) in [6, 6.07) is 0.315. The number of nitrogens with one attached hydrogen (secondary N) is 1. The van der Waals surface area contributed by atoms with Crippen LogP contribution in [0.5, 0.6) is 0 Å². The number of hydrogen-bond acceptors (Lipinski definition) is 1. The van der Waals surface area contributed by atoms with Crippen LogP contribution in [0.3, 0.4) is 0 Å². The van der Waals surface area contributed by atoms with Crippen molar-refractivity contribution in [3.8, 4) is 0 Å². The Morgan fingerprint density at radius 2 is 2.08 bits per heavy atom. The maximum Gasteiger partial charge on any atom is 0.207 e. The molecule has 0 aromatic heterocycles. The zero-order chi connectivity index (χ0) is 9.94. The Hall–Kier alpha value is -0.0600. The summed E-state index contributed by atoms with van der Waals surface area (Å²) >= 11 is 2.37. The monoisotopic (exact) mass is 295 g/mol. The second-order valence-corrected chi connectivity index (χ2v) is 4.14. The van der Waals surface area contributed by atoms with Gasteiger partial charge >= 0.3 is 0 Å². The van der Waals surface area contributed by atoms with Crippen LogP contribution < -0.4 is 5.32 Å². The number of halogens is 1. The van der Waals surface area contributed by atoms with E-state index in [9.17, 15) is 4.79 Å². The first-order chi connectivity index (χ1) is 6.31. The van der Waals surface area contributed by atoms with E-state index in [-0.39, 0.29) is 0 Å². The van der Waals surface area contributed by atoms with E-state index in [4.69, 9.17) is 0 Å². The lowest BCUT2D eigenvalue weighted by molar-refractivity contribution is -0.110. The lowest BCUT2D eigenvalue weighted by atomic mass is 10.1. The first-order valence-corrected chi connectivity index (χ1v) is 6.24. The average Bonchev–Trinajstić information content (AvgIpc) is 2.11. The van der Waals surface area contributed by atoms with Gasteiger partial charge in [-0.3, -0.25) is 4.79 Å². The zero-order valence-electron chi connectivity index (χ0n) is 8.13.